The second kappa shape index (κ2) is 9.13. The van der Waals surface area contributed by atoms with Crippen LogP contribution in [0.4, 0.5) is 17.6 Å². The van der Waals surface area contributed by atoms with Crippen LogP contribution in [0.3, 0.4) is 0 Å². The lowest BCUT2D eigenvalue weighted by atomic mass is 10.0. The highest BCUT2D eigenvalue weighted by Crippen LogP contribution is 2.37. The number of nitrogens with one attached hydrogen (secondary N) is 1. The molecule has 0 aromatic heterocycles. The molecule has 0 bridgehead atoms. The Kier molecular flexibility index (Phi) is 9.02. The van der Waals surface area contributed by atoms with E-state index in [0.29, 0.717) is 31.7 Å². The Morgan fingerprint density at radius 3 is 2.27 bits per heavy atom. The van der Waals surface area contributed by atoms with E-state index in [4.69, 9.17) is 11.6 Å². The molecule has 0 spiro atoms. The van der Waals surface area contributed by atoms with Gasteiger partial charge in [-0.2, -0.15) is 13.2 Å². The summed E-state index contributed by atoms with van der Waals surface area (Å²) in [6.07, 6.45) is -4.53. The molecule has 1 saturated heterocycles. The van der Waals surface area contributed by atoms with Crippen molar-refractivity contribution in [2.45, 2.75) is 12.2 Å². The second-order valence-electron chi connectivity index (χ2n) is 4.69. The average molecular weight is 384 g/mol. The number of hydrogen-bond donors (Lipinski definition) is 1. The molecule has 1 aromatic rings. The van der Waals surface area contributed by atoms with Crippen molar-refractivity contribution in [3.05, 3.63) is 34.3 Å². The van der Waals surface area contributed by atoms with Crippen molar-refractivity contribution in [1.82, 2.24) is 10.2 Å². The third-order valence-corrected chi connectivity index (χ3v) is 3.75. The van der Waals surface area contributed by atoms with Crippen LogP contribution in [0, 0.1) is 0 Å². The van der Waals surface area contributed by atoms with Gasteiger partial charge in [0.1, 0.15) is 6.67 Å². The van der Waals surface area contributed by atoms with E-state index in [2.05, 4.69) is 5.32 Å². The number of piperazine rings is 1. The van der Waals surface area contributed by atoms with Gasteiger partial charge < -0.3 is 5.32 Å². The molecule has 1 fully saturated rings. The molecule has 0 aliphatic carbocycles. The normalized spacial score (nSPS) is 17.3. The van der Waals surface area contributed by atoms with Crippen LogP contribution in [0.25, 0.3) is 0 Å². The number of nitrogens with zero attached hydrogens (tertiary/aromatic N) is 1. The monoisotopic (exact) mass is 382 g/mol. The highest BCUT2D eigenvalue weighted by molar-refractivity contribution is 6.31. The van der Waals surface area contributed by atoms with Gasteiger partial charge in [0.05, 0.1) is 16.6 Å². The Morgan fingerprint density at radius 1 is 1.18 bits per heavy atom. The Bertz CT molecular complexity index is 465. The third kappa shape index (κ3) is 5.13. The van der Waals surface area contributed by atoms with E-state index in [-0.39, 0.29) is 29.8 Å². The van der Waals surface area contributed by atoms with E-state index in [1.165, 1.54) is 12.1 Å². The van der Waals surface area contributed by atoms with Gasteiger partial charge >= 0.3 is 6.18 Å². The molecule has 22 heavy (non-hydrogen) atoms. The average Bonchev–Trinajstić information content (AvgIpc) is 2.41. The van der Waals surface area contributed by atoms with Crippen molar-refractivity contribution < 1.29 is 17.6 Å². The molecular formula is C13H17Cl3F4N2. The van der Waals surface area contributed by atoms with Gasteiger partial charge in [0.2, 0.25) is 0 Å². The first kappa shape index (κ1) is 21.7. The molecule has 128 valence electrons. The maximum Gasteiger partial charge on any atom is 0.417 e. The molecule has 1 N–H and O–H groups in total. The molecule has 0 saturated carbocycles. The minimum Gasteiger partial charge on any atom is -0.314 e. The molecule has 0 radical (unpaired) electrons. The summed E-state index contributed by atoms with van der Waals surface area (Å²) in [5, 5.41) is 2.76. The molecule has 9 heteroatoms. The number of alkyl halides is 4. The third-order valence-electron chi connectivity index (χ3n) is 3.42. The van der Waals surface area contributed by atoms with Crippen molar-refractivity contribution in [1.29, 1.82) is 0 Å². The van der Waals surface area contributed by atoms with E-state index in [0.717, 1.165) is 6.07 Å². The second-order valence-corrected chi connectivity index (χ2v) is 5.10. The van der Waals surface area contributed by atoms with Crippen LogP contribution in [0.5, 0.6) is 0 Å². The molecule has 2 nitrogen and oxygen atoms in total. The summed E-state index contributed by atoms with van der Waals surface area (Å²) >= 11 is 5.58. The fourth-order valence-electron chi connectivity index (χ4n) is 2.36. The number of hydrogen-bond acceptors (Lipinski definition) is 2. The maximum absolute atomic E-state index is 13.3. The van der Waals surface area contributed by atoms with E-state index < -0.39 is 24.5 Å². The summed E-state index contributed by atoms with van der Waals surface area (Å²) < 4.78 is 51.8. The lowest BCUT2D eigenvalue weighted by Gasteiger charge is -2.34. The zero-order chi connectivity index (χ0) is 14.8. The first-order valence-electron chi connectivity index (χ1n) is 6.31. The largest absolute Gasteiger partial charge is 0.417 e. The van der Waals surface area contributed by atoms with Crippen LogP contribution in [0.15, 0.2) is 18.2 Å². The Morgan fingerprint density at radius 2 is 1.77 bits per heavy atom. The topological polar surface area (TPSA) is 15.3 Å². The van der Waals surface area contributed by atoms with Crippen LogP contribution < -0.4 is 5.32 Å². The Hall–Kier alpha value is -0.270. The minimum absolute atomic E-state index is 0. The van der Waals surface area contributed by atoms with Crippen LogP contribution in [0.2, 0.25) is 5.02 Å². The van der Waals surface area contributed by atoms with Crippen molar-refractivity contribution in [3.8, 4) is 0 Å². The fraction of sp³-hybridized carbons (Fsp3) is 0.538. The molecule has 1 aliphatic heterocycles. The predicted octanol–water partition coefficient (Wildman–Crippen LogP) is 4.12. The molecule has 1 aliphatic rings. The van der Waals surface area contributed by atoms with Gasteiger partial charge in [-0.05, 0) is 17.7 Å². The highest BCUT2D eigenvalue weighted by Gasteiger charge is 2.34. The summed E-state index contributed by atoms with van der Waals surface area (Å²) in [7, 11) is 0. The summed E-state index contributed by atoms with van der Waals surface area (Å²) in [4.78, 5) is 1.85. The SMILES string of the molecule is Cl.Cl.FC[C@@H](c1ccc(Cl)c(C(F)(F)F)c1)N1CCNCC1. The Labute approximate surface area is 144 Å². The molecule has 1 atom stereocenters. The van der Waals surface area contributed by atoms with E-state index in [1.807, 2.05) is 4.90 Å². The van der Waals surface area contributed by atoms with Crippen molar-refractivity contribution in [3.63, 3.8) is 0 Å². The molecular weight excluding hydrogens is 367 g/mol. The van der Waals surface area contributed by atoms with Gasteiger partial charge in [-0.25, -0.2) is 4.39 Å². The smallest absolute Gasteiger partial charge is 0.314 e. The Balaban J connectivity index is 0.00000220. The van der Waals surface area contributed by atoms with Gasteiger partial charge in [0, 0.05) is 26.2 Å². The predicted molar refractivity (Wildman–Crippen MR) is 84.1 cm³/mol. The number of halogens is 7. The van der Waals surface area contributed by atoms with Gasteiger partial charge in [-0.1, -0.05) is 17.7 Å². The molecule has 1 aromatic carbocycles. The number of rotatable bonds is 3. The van der Waals surface area contributed by atoms with Crippen molar-refractivity contribution >= 4 is 36.4 Å². The van der Waals surface area contributed by atoms with E-state index in [9.17, 15) is 17.6 Å². The van der Waals surface area contributed by atoms with Gasteiger partial charge in [-0.15, -0.1) is 24.8 Å². The first-order chi connectivity index (χ1) is 9.43. The van der Waals surface area contributed by atoms with Crippen LogP contribution in [-0.4, -0.2) is 37.8 Å². The lowest BCUT2D eigenvalue weighted by molar-refractivity contribution is -0.137. The summed E-state index contributed by atoms with van der Waals surface area (Å²) in [5.74, 6) is 0. The van der Waals surface area contributed by atoms with Gasteiger partial charge in [0.25, 0.3) is 0 Å². The molecule has 0 amide bonds. The minimum atomic E-state index is -4.53. The first-order valence-corrected chi connectivity index (χ1v) is 6.68. The fourth-order valence-corrected chi connectivity index (χ4v) is 2.58. The molecule has 0 unspecified atom stereocenters. The van der Waals surface area contributed by atoms with Gasteiger partial charge in [-0.3, -0.25) is 4.90 Å². The van der Waals surface area contributed by atoms with E-state index in [1.54, 1.807) is 0 Å². The summed E-state index contributed by atoms with van der Waals surface area (Å²) in [5.41, 5.74) is -0.601. The van der Waals surface area contributed by atoms with E-state index >= 15 is 0 Å². The van der Waals surface area contributed by atoms with Crippen molar-refractivity contribution in [2.24, 2.45) is 0 Å². The summed E-state index contributed by atoms with van der Waals surface area (Å²) in [6.45, 7) is 1.91. The van der Waals surface area contributed by atoms with Crippen LogP contribution in [-0.2, 0) is 6.18 Å². The summed E-state index contributed by atoms with van der Waals surface area (Å²) in [6, 6.07) is 2.94. The zero-order valence-corrected chi connectivity index (χ0v) is 13.9. The highest BCUT2D eigenvalue weighted by atomic mass is 35.5. The van der Waals surface area contributed by atoms with Crippen molar-refractivity contribution in [2.75, 3.05) is 32.9 Å². The molecule has 2 rings (SSSR count). The standard InChI is InChI=1S/C13H15ClF4N2.2ClH/c14-11-2-1-9(7-10(11)13(16,17)18)12(8-15)20-5-3-19-4-6-20;;/h1-2,7,12,19H,3-6,8H2;2*1H/t12-;;/m0../s1. The zero-order valence-electron chi connectivity index (χ0n) is 11.5. The van der Waals surface area contributed by atoms with Gasteiger partial charge in [0.15, 0.2) is 0 Å². The maximum atomic E-state index is 13.3. The lowest BCUT2D eigenvalue weighted by Crippen LogP contribution is -2.45. The van der Waals surface area contributed by atoms with Crippen LogP contribution >= 0.6 is 36.4 Å². The number of benzene rings is 1. The quantitative estimate of drug-likeness (QED) is 0.790. The molecule has 1 heterocycles. The van der Waals surface area contributed by atoms with Crippen LogP contribution in [0.1, 0.15) is 17.2 Å².